The molecule has 0 aromatic heterocycles. The second-order valence-corrected chi connectivity index (χ2v) is 10.5. The molecule has 2 heterocycles. The van der Waals surface area contributed by atoms with Crippen molar-refractivity contribution < 1.29 is 38.4 Å². The molecule has 1 aromatic carbocycles. The van der Waals surface area contributed by atoms with Crippen LogP contribution in [0.15, 0.2) is 36.4 Å². The standard InChI is InChI=1S/C28H37ClO8/c1-33-28(13-4-2-9-26(31)32)17-23-22(24(30)16-25(23)37-28)12-11-21(36-27-10-3-5-14-34-27)18-35-20-8-6-7-19(29)15-20/h6-8,11-12,15,21-23,25,27H,2-5,9-10,13-14,16-18H2,1H3,(H,31,32)/b12-11+/t21-,22-,23-,25-,27?,28?/m1/s1. The summed E-state index contributed by atoms with van der Waals surface area (Å²) in [7, 11) is 1.62. The summed E-state index contributed by atoms with van der Waals surface area (Å²) in [6.07, 6.45) is 8.74. The molecule has 1 aromatic rings. The lowest BCUT2D eigenvalue weighted by Crippen LogP contribution is -2.33. The van der Waals surface area contributed by atoms with Gasteiger partial charge in [-0.2, -0.15) is 0 Å². The lowest BCUT2D eigenvalue weighted by molar-refractivity contribution is -0.216. The number of halogens is 1. The van der Waals surface area contributed by atoms with E-state index in [0.29, 0.717) is 49.5 Å². The number of ether oxygens (including phenoxy) is 5. The lowest BCUT2D eigenvalue weighted by atomic mass is 9.88. The van der Waals surface area contributed by atoms with Crippen molar-refractivity contribution in [3.05, 3.63) is 41.4 Å². The summed E-state index contributed by atoms with van der Waals surface area (Å²) in [5.74, 6) is -1.09. The second kappa shape index (κ2) is 13.2. The largest absolute Gasteiger partial charge is 0.490 e. The summed E-state index contributed by atoms with van der Waals surface area (Å²) in [6.45, 7) is 0.928. The summed E-state index contributed by atoms with van der Waals surface area (Å²) in [5.41, 5.74) is 0. The number of ketones is 1. The Morgan fingerprint density at radius 2 is 2.19 bits per heavy atom. The summed E-state index contributed by atoms with van der Waals surface area (Å²) in [6, 6.07) is 7.21. The SMILES string of the molecule is COC1(CCCCC(=O)O)C[C@H]2[C@@H](CC(=O)[C@@H]2/C=C/[C@H](COc2cccc(Cl)c2)OC2CCCCO2)O1. The average Bonchev–Trinajstić information content (AvgIpc) is 3.37. The Kier molecular flexibility index (Phi) is 10.0. The summed E-state index contributed by atoms with van der Waals surface area (Å²) < 4.78 is 30.0. The molecule has 0 spiro atoms. The molecule has 1 saturated carbocycles. The van der Waals surface area contributed by atoms with E-state index in [4.69, 9.17) is 40.4 Å². The average molecular weight is 537 g/mol. The third kappa shape index (κ3) is 7.77. The number of benzene rings is 1. The van der Waals surface area contributed by atoms with Crippen LogP contribution in [0.5, 0.6) is 5.75 Å². The minimum absolute atomic E-state index is 0.00334. The molecule has 3 fully saturated rings. The van der Waals surface area contributed by atoms with E-state index >= 15 is 0 Å². The van der Waals surface area contributed by atoms with Crippen LogP contribution in [-0.4, -0.2) is 61.5 Å². The second-order valence-electron chi connectivity index (χ2n) is 10.1. The van der Waals surface area contributed by atoms with Crippen LogP contribution in [-0.2, 0) is 28.5 Å². The maximum Gasteiger partial charge on any atom is 0.303 e. The molecule has 0 radical (unpaired) electrons. The predicted molar refractivity (Wildman–Crippen MR) is 136 cm³/mol. The molecular formula is C28H37ClO8. The van der Waals surface area contributed by atoms with Gasteiger partial charge in [0.1, 0.15) is 24.2 Å². The van der Waals surface area contributed by atoms with E-state index < -0.39 is 17.9 Å². The van der Waals surface area contributed by atoms with Crippen molar-refractivity contribution in [2.45, 2.75) is 82.1 Å². The number of methoxy groups -OCH3 is 1. The number of fused-ring (bicyclic) bond motifs is 1. The van der Waals surface area contributed by atoms with Crippen LogP contribution in [0.25, 0.3) is 0 Å². The molecule has 1 aliphatic carbocycles. The van der Waals surface area contributed by atoms with Gasteiger partial charge >= 0.3 is 5.97 Å². The number of hydrogen-bond donors (Lipinski definition) is 1. The van der Waals surface area contributed by atoms with Crippen molar-refractivity contribution in [1.29, 1.82) is 0 Å². The van der Waals surface area contributed by atoms with Crippen LogP contribution in [0.2, 0.25) is 5.02 Å². The molecule has 1 N–H and O–H groups in total. The summed E-state index contributed by atoms with van der Waals surface area (Å²) >= 11 is 6.09. The number of Topliss-reactive ketones (excluding diaryl/α,β-unsaturated/α-hetero) is 1. The third-order valence-corrected chi connectivity index (χ3v) is 7.64. The molecule has 37 heavy (non-hydrogen) atoms. The minimum atomic E-state index is -0.804. The fraction of sp³-hybridized carbons (Fsp3) is 0.643. The highest BCUT2D eigenvalue weighted by Crippen LogP contribution is 2.48. The van der Waals surface area contributed by atoms with Crippen LogP contribution >= 0.6 is 11.6 Å². The van der Waals surface area contributed by atoms with Crippen molar-refractivity contribution in [3.63, 3.8) is 0 Å². The number of unbranched alkanes of at least 4 members (excludes halogenated alkanes) is 1. The van der Waals surface area contributed by atoms with E-state index in [0.717, 1.165) is 19.3 Å². The maximum atomic E-state index is 12.9. The van der Waals surface area contributed by atoms with E-state index in [2.05, 4.69) is 0 Å². The Morgan fingerprint density at radius 3 is 2.92 bits per heavy atom. The molecular weight excluding hydrogens is 500 g/mol. The fourth-order valence-corrected chi connectivity index (χ4v) is 5.65. The number of carbonyl (C=O) groups is 2. The molecule has 3 aliphatic rings. The zero-order valence-electron chi connectivity index (χ0n) is 21.3. The van der Waals surface area contributed by atoms with Crippen molar-refractivity contribution in [3.8, 4) is 5.75 Å². The van der Waals surface area contributed by atoms with Gasteiger partial charge in [0.25, 0.3) is 0 Å². The van der Waals surface area contributed by atoms with Crippen LogP contribution < -0.4 is 4.74 Å². The summed E-state index contributed by atoms with van der Waals surface area (Å²) in [4.78, 5) is 23.7. The highest BCUT2D eigenvalue weighted by atomic mass is 35.5. The van der Waals surface area contributed by atoms with Gasteiger partial charge in [0, 0.05) is 56.3 Å². The first-order valence-corrected chi connectivity index (χ1v) is 13.6. The monoisotopic (exact) mass is 536 g/mol. The zero-order valence-corrected chi connectivity index (χ0v) is 22.1. The molecule has 8 nitrogen and oxygen atoms in total. The van der Waals surface area contributed by atoms with Crippen molar-refractivity contribution in [1.82, 2.24) is 0 Å². The van der Waals surface area contributed by atoms with Gasteiger partial charge in [-0.25, -0.2) is 0 Å². The van der Waals surface area contributed by atoms with E-state index in [-0.39, 0.29) is 43.0 Å². The van der Waals surface area contributed by atoms with Gasteiger partial charge < -0.3 is 28.8 Å². The van der Waals surface area contributed by atoms with Crippen LogP contribution in [0, 0.1) is 11.8 Å². The summed E-state index contributed by atoms with van der Waals surface area (Å²) in [5, 5.41) is 9.50. The number of hydrogen-bond acceptors (Lipinski definition) is 7. The Bertz CT molecular complexity index is 946. The van der Waals surface area contributed by atoms with Crippen LogP contribution in [0.1, 0.15) is 57.8 Å². The predicted octanol–water partition coefficient (Wildman–Crippen LogP) is 5.17. The third-order valence-electron chi connectivity index (χ3n) is 7.40. The van der Waals surface area contributed by atoms with E-state index in [1.807, 2.05) is 24.3 Å². The molecule has 0 amide bonds. The smallest absolute Gasteiger partial charge is 0.303 e. The zero-order chi connectivity index (χ0) is 26.3. The number of rotatable bonds is 13. The first-order chi connectivity index (χ1) is 17.9. The highest BCUT2D eigenvalue weighted by Gasteiger charge is 2.54. The van der Waals surface area contributed by atoms with E-state index in [1.54, 1.807) is 19.2 Å². The Hall–Kier alpha value is -1.97. The minimum Gasteiger partial charge on any atom is -0.490 e. The number of carbonyl (C=O) groups excluding carboxylic acids is 1. The Morgan fingerprint density at radius 1 is 1.32 bits per heavy atom. The number of carboxylic acids is 1. The van der Waals surface area contributed by atoms with Crippen LogP contribution in [0.3, 0.4) is 0 Å². The molecule has 2 saturated heterocycles. The highest BCUT2D eigenvalue weighted by molar-refractivity contribution is 6.30. The van der Waals surface area contributed by atoms with Crippen molar-refractivity contribution >= 4 is 23.4 Å². The van der Waals surface area contributed by atoms with Gasteiger partial charge in [0.2, 0.25) is 0 Å². The molecule has 4 rings (SSSR count). The van der Waals surface area contributed by atoms with Gasteiger partial charge in [0.15, 0.2) is 12.1 Å². The number of allylic oxidation sites excluding steroid dienone is 1. The number of carboxylic acid groups (broad SMARTS) is 1. The first kappa shape index (κ1) is 28.0. The first-order valence-electron chi connectivity index (χ1n) is 13.2. The van der Waals surface area contributed by atoms with Gasteiger partial charge in [-0.3, -0.25) is 9.59 Å². The van der Waals surface area contributed by atoms with Gasteiger partial charge in [-0.05, 0) is 50.3 Å². The topological polar surface area (TPSA) is 101 Å². The van der Waals surface area contributed by atoms with Gasteiger partial charge in [0.05, 0.1) is 6.10 Å². The van der Waals surface area contributed by atoms with Gasteiger partial charge in [-0.15, -0.1) is 0 Å². The molecule has 6 atom stereocenters. The van der Waals surface area contributed by atoms with E-state index in [9.17, 15) is 9.59 Å². The molecule has 9 heteroatoms. The normalized spacial score (nSPS) is 30.5. The van der Waals surface area contributed by atoms with Crippen molar-refractivity contribution in [2.24, 2.45) is 11.8 Å². The Labute approximate surface area is 223 Å². The quantitative estimate of drug-likeness (QED) is 0.272. The van der Waals surface area contributed by atoms with Gasteiger partial charge in [-0.1, -0.05) is 29.8 Å². The van der Waals surface area contributed by atoms with Crippen molar-refractivity contribution in [2.75, 3.05) is 20.3 Å². The van der Waals surface area contributed by atoms with Crippen LogP contribution in [0.4, 0.5) is 0 Å². The molecule has 2 unspecified atom stereocenters. The number of aliphatic carboxylic acids is 1. The Balaban J connectivity index is 1.40. The lowest BCUT2D eigenvalue weighted by Gasteiger charge is -2.28. The maximum absolute atomic E-state index is 12.9. The molecule has 204 valence electrons. The fourth-order valence-electron chi connectivity index (χ4n) is 5.47. The van der Waals surface area contributed by atoms with E-state index in [1.165, 1.54) is 0 Å². The molecule has 2 aliphatic heterocycles. The molecule has 0 bridgehead atoms.